The van der Waals surface area contributed by atoms with Gasteiger partial charge in [0, 0.05) is 12.1 Å². The molecule has 0 bridgehead atoms. The first-order valence-electron chi connectivity index (χ1n) is 7.06. The molecular formula is C17H18FNO4. The number of hydrogen-bond acceptors (Lipinski definition) is 4. The minimum absolute atomic E-state index is 0.0969. The molecule has 0 fully saturated rings. The smallest absolute Gasteiger partial charge is 0.317 e. The van der Waals surface area contributed by atoms with Gasteiger partial charge in [-0.2, -0.15) is 0 Å². The van der Waals surface area contributed by atoms with Crippen molar-refractivity contribution in [2.75, 3.05) is 13.7 Å². The van der Waals surface area contributed by atoms with Crippen LogP contribution < -0.4 is 14.8 Å². The predicted octanol–water partition coefficient (Wildman–Crippen LogP) is 2.59. The van der Waals surface area contributed by atoms with Crippen molar-refractivity contribution < 1.29 is 23.8 Å². The fraction of sp³-hybridized carbons (Fsp3) is 0.235. The van der Waals surface area contributed by atoms with E-state index < -0.39 is 5.97 Å². The molecule has 0 radical (unpaired) electrons. The quantitative estimate of drug-likeness (QED) is 0.783. The van der Waals surface area contributed by atoms with Crippen LogP contribution in [0.4, 0.5) is 4.39 Å². The number of carboxylic acid groups (broad SMARTS) is 1. The highest BCUT2D eigenvalue weighted by molar-refractivity contribution is 5.69. The molecule has 2 N–H and O–H groups in total. The van der Waals surface area contributed by atoms with Gasteiger partial charge in [-0.3, -0.25) is 4.79 Å². The van der Waals surface area contributed by atoms with Crippen LogP contribution >= 0.6 is 0 Å². The van der Waals surface area contributed by atoms with E-state index in [0.717, 1.165) is 5.56 Å². The third-order valence-corrected chi connectivity index (χ3v) is 3.17. The van der Waals surface area contributed by atoms with E-state index in [-0.39, 0.29) is 19.0 Å². The van der Waals surface area contributed by atoms with Gasteiger partial charge >= 0.3 is 5.97 Å². The van der Waals surface area contributed by atoms with Gasteiger partial charge in [-0.15, -0.1) is 0 Å². The van der Waals surface area contributed by atoms with Crippen LogP contribution in [0, 0.1) is 5.82 Å². The molecule has 0 unspecified atom stereocenters. The van der Waals surface area contributed by atoms with Gasteiger partial charge in [0.15, 0.2) is 11.5 Å². The second-order valence-electron chi connectivity index (χ2n) is 4.86. The fourth-order valence-electron chi connectivity index (χ4n) is 2.03. The Morgan fingerprint density at radius 3 is 2.70 bits per heavy atom. The largest absolute Gasteiger partial charge is 0.493 e. The van der Waals surface area contributed by atoms with Gasteiger partial charge in [0.05, 0.1) is 13.7 Å². The lowest BCUT2D eigenvalue weighted by molar-refractivity contribution is -0.135. The summed E-state index contributed by atoms with van der Waals surface area (Å²) >= 11 is 0. The van der Waals surface area contributed by atoms with E-state index in [9.17, 15) is 9.18 Å². The maximum atomic E-state index is 13.6. The van der Waals surface area contributed by atoms with Gasteiger partial charge in [-0.25, -0.2) is 4.39 Å². The number of ether oxygens (including phenoxy) is 2. The molecule has 0 saturated carbocycles. The van der Waals surface area contributed by atoms with E-state index in [1.807, 2.05) is 0 Å². The summed E-state index contributed by atoms with van der Waals surface area (Å²) in [6.07, 6.45) is 0. The van der Waals surface area contributed by atoms with Gasteiger partial charge in [-0.1, -0.05) is 24.3 Å². The Morgan fingerprint density at radius 2 is 2.00 bits per heavy atom. The molecule has 0 heterocycles. The molecule has 2 aromatic rings. The number of benzene rings is 2. The number of methoxy groups -OCH3 is 1. The summed E-state index contributed by atoms with van der Waals surface area (Å²) in [6, 6.07) is 11.7. The SMILES string of the molecule is COc1cc(CNCC(=O)O)ccc1OCc1ccccc1F. The van der Waals surface area contributed by atoms with E-state index in [1.54, 1.807) is 36.4 Å². The molecule has 0 saturated heterocycles. The van der Waals surface area contributed by atoms with Gasteiger partial charge in [-0.05, 0) is 23.8 Å². The van der Waals surface area contributed by atoms with Crippen LogP contribution in [-0.2, 0) is 17.9 Å². The molecule has 2 aromatic carbocycles. The van der Waals surface area contributed by atoms with Gasteiger partial charge in [0.25, 0.3) is 0 Å². The lowest BCUT2D eigenvalue weighted by atomic mass is 10.2. The second kappa shape index (κ2) is 8.14. The molecule has 6 heteroatoms. The highest BCUT2D eigenvalue weighted by Gasteiger charge is 2.08. The first-order chi connectivity index (χ1) is 11.1. The molecular weight excluding hydrogens is 301 g/mol. The molecule has 0 aliphatic heterocycles. The first kappa shape index (κ1) is 16.8. The normalized spacial score (nSPS) is 10.3. The van der Waals surface area contributed by atoms with Crippen molar-refractivity contribution in [3.8, 4) is 11.5 Å². The predicted molar refractivity (Wildman–Crippen MR) is 83.1 cm³/mol. The average Bonchev–Trinajstić information content (AvgIpc) is 2.54. The molecule has 2 rings (SSSR count). The summed E-state index contributed by atoms with van der Waals surface area (Å²) in [5, 5.41) is 11.4. The molecule has 0 aliphatic carbocycles. The molecule has 0 spiro atoms. The Bertz CT molecular complexity index is 675. The molecule has 0 aromatic heterocycles. The maximum absolute atomic E-state index is 13.6. The summed E-state index contributed by atoms with van der Waals surface area (Å²) in [5.74, 6) is -0.225. The van der Waals surface area contributed by atoms with E-state index in [1.165, 1.54) is 13.2 Å². The van der Waals surface area contributed by atoms with Crippen LogP contribution in [-0.4, -0.2) is 24.7 Å². The lowest BCUT2D eigenvalue weighted by Crippen LogP contribution is -2.21. The average molecular weight is 319 g/mol. The van der Waals surface area contributed by atoms with Crippen molar-refractivity contribution in [3.63, 3.8) is 0 Å². The van der Waals surface area contributed by atoms with E-state index in [2.05, 4.69) is 5.32 Å². The van der Waals surface area contributed by atoms with Crippen molar-refractivity contribution in [1.82, 2.24) is 5.32 Å². The zero-order valence-corrected chi connectivity index (χ0v) is 12.7. The Labute approximate surface area is 133 Å². The van der Waals surface area contributed by atoms with E-state index >= 15 is 0 Å². The number of carbonyl (C=O) groups is 1. The number of carboxylic acids is 1. The Balaban J connectivity index is 2.01. The van der Waals surface area contributed by atoms with Crippen LogP contribution in [0.3, 0.4) is 0 Å². The fourth-order valence-corrected chi connectivity index (χ4v) is 2.03. The van der Waals surface area contributed by atoms with Crippen molar-refractivity contribution in [2.24, 2.45) is 0 Å². The molecule has 23 heavy (non-hydrogen) atoms. The molecule has 0 aliphatic rings. The van der Waals surface area contributed by atoms with Gasteiger partial charge < -0.3 is 19.9 Å². The van der Waals surface area contributed by atoms with Crippen LogP contribution in [0.1, 0.15) is 11.1 Å². The van der Waals surface area contributed by atoms with Crippen LogP contribution in [0.25, 0.3) is 0 Å². The number of hydrogen-bond donors (Lipinski definition) is 2. The van der Waals surface area contributed by atoms with Crippen LogP contribution in [0.5, 0.6) is 11.5 Å². The topological polar surface area (TPSA) is 67.8 Å². The Kier molecular flexibility index (Phi) is 5.94. The number of nitrogens with one attached hydrogen (secondary N) is 1. The van der Waals surface area contributed by atoms with Crippen LogP contribution in [0.2, 0.25) is 0 Å². The zero-order valence-electron chi connectivity index (χ0n) is 12.7. The summed E-state index contributed by atoms with van der Waals surface area (Å²) in [7, 11) is 1.51. The summed E-state index contributed by atoms with van der Waals surface area (Å²) < 4.78 is 24.5. The highest BCUT2D eigenvalue weighted by Crippen LogP contribution is 2.29. The van der Waals surface area contributed by atoms with Crippen molar-refractivity contribution in [1.29, 1.82) is 0 Å². The second-order valence-corrected chi connectivity index (χ2v) is 4.86. The Morgan fingerprint density at radius 1 is 1.22 bits per heavy atom. The summed E-state index contributed by atoms with van der Waals surface area (Å²) in [6.45, 7) is 0.379. The number of halogens is 1. The molecule has 122 valence electrons. The maximum Gasteiger partial charge on any atom is 0.317 e. The number of aliphatic carboxylic acids is 1. The highest BCUT2D eigenvalue weighted by atomic mass is 19.1. The van der Waals surface area contributed by atoms with Crippen molar-refractivity contribution in [2.45, 2.75) is 13.2 Å². The van der Waals surface area contributed by atoms with E-state index in [4.69, 9.17) is 14.6 Å². The third-order valence-electron chi connectivity index (χ3n) is 3.17. The molecule has 0 atom stereocenters. The van der Waals surface area contributed by atoms with Gasteiger partial charge in [0.2, 0.25) is 0 Å². The first-order valence-corrected chi connectivity index (χ1v) is 7.06. The third kappa shape index (κ3) is 4.96. The zero-order chi connectivity index (χ0) is 16.7. The minimum atomic E-state index is -0.915. The van der Waals surface area contributed by atoms with Gasteiger partial charge in [0.1, 0.15) is 12.4 Å². The van der Waals surface area contributed by atoms with Crippen molar-refractivity contribution >= 4 is 5.97 Å². The Hall–Kier alpha value is -2.60. The number of rotatable bonds is 8. The molecule has 5 nitrogen and oxygen atoms in total. The lowest BCUT2D eigenvalue weighted by Gasteiger charge is -2.13. The molecule has 0 amide bonds. The minimum Gasteiger partial charge on any atom is -0.493 e. The van der Waals surface area contributed by atoms with Crippen LogP contribution in [0.15, 0.2) is 42.5 Å². The van der Waals surface area contributed by atoms with E-state index in [0.29, 0.717) is 23.6 Å². The standard InChI is InChI=1S/C17H18FNO4/c1-22-16-8-12(9-19-10-17(20)21)6-7-15(16)23-11-13-4-2-3-5-14(13)18/h2-8,19H,9-11H2,1H3,(H,20,21). The summed E-state index contributed by atoms with van der Waals surface area (Å²) in [4.78, 5) is 10.5. The summed E-state index contributed by atoms with van der Waals surface area (Å²) in [5.41, 5.74) is 1.32. The monoisotopic (exact) mass is 319 g/mol. The van der Waals surface area contributed by atoms with Crippen molar-refractivity contribution in [3.05, 3.63) is 59.4 Å².